The number of carbonyl (C=O) groups excluding carboxylic acids is 1. The van der Waals surface area contributed by atoms with Crippen molar-refractivity contribution in [3.63, 3.8) is 0 Å². The minimum Gasteiger partial charge on any atom is -0.489 e. The number of anilines is 3. The van der Waals surface area contributed by atoms with Crippen molar-refractivity contribution in [3.8, 4) is 5.75 Å². The number of benzene rings is 3. The molecule has 1 amide bonds. The fourth-order valence-corrected chi connectivity index (χ4v) is 2.91. The number of hydrogen-bond donors (Lipinski definition) is 2. The van der Waals surface area contributed by atoms with E-state index in [0.29, 0.717) is 17.9 Å². The molecule has 0 fully saturated rings. The van der Waals surface area contributed by atoms with Gasteiger partial charge in [0.2, 0.25) is 0 Å². The summed E-state index contributed by atoms with van der Waals surface area (Å²) >= 11 is 0. The second-order valence-electron chi connectivity index (χ2n) is 6.70. The molecule has 5 nitrogen and oxygen atoms in total. The lowest BCUT2D eigenvalue weighted by molar-refractivity contribution is 0.102. The predicted molar refractivity (Wildman–Crippen MR) is 119 cm³/mol. The Labute approximate surface area is 175 Å². The lowest BCUT2D eigenvalue weighted by atomic mass is 10.2. The fraction of sp³-hybridized carbons (Fsp3) is 0.0400. The van der Waals surface area contributed by atoms with E-state index in [1.807, 2.05) is 72.8 Å². The van der Waals surface area contributed by atoms with Gasteiger partial charge in [-0.3, -0.25) is 9.78 Å². The van der Waals surface area contributed by atoms with E-state index in [9.17, 15) is 4.79 Å². The van der Waals surface area contributed by atoms with Gasteiger partial charge in [0.25, 0.3) is 5.91 Å². The number of ether oxygens (including phenoxy) is 1. The van der Waals surface area contributed by atoms with Crippen LogP contribution in [-0.4, -0.2) is 10.9 Å². The van der Waals surface area contributed by atoms with Crippen LogP contribution in [0.5, 0.6) is 5.75 Å². The summed E-state index contributed by atoms with van der Waals surface area (Å²) < 4.78 is 5.78. The largest absolute Gasteiger partial charge is 0.489 e. The van der Waals surface area contributed by atoms with Gasteiger partial charge in [0.1, 0.15) is 12.4 Å². The average molecular weight is 395 g/mol. The van der Waals surface area contributed by atoms with Crippen LogP contribution >= 0.6 is 0 Å². The molecule has 0 radical (unpaired) electrons. The van der Waals surface area contributed by atoms with Crippen LogP contribution in [0.25, 0.3) is 0 Å². The van der Waals surface area contributed by atoms with Crippen LogP contribution in [-0.2, 0) is 6.61 Å². The first kappa shape index (κ1) is 19.2. The van der Waals surface area contributed by atoms with Gasteiger partial charge in [0.05, 0.1) is 0 Å². The summed E-state index contributed by atoms with van der Waals surface area (Å²) in [6.45, 7) is 0.398. The summed E-state index contributed by atoms with van der Waals surface area (Å²) in [7, 11) is 0. The molecular weight excluding hydrogens is 374 g/mol. The molecule has 0 bridgehead atoms. The van der Waals surface area contributed by atoms with Crippen LogP contribution in [0.2, 0.25) is 0 Å². The third kappa shape index (κ3) is 5.23. The summed E-state index contributed by atoms with van der Waals surface area (Å²) in [5, 5.41) is 6.24. The predicted octanol–water partition coefficient (Wildman–Crippen LogP) is 5.66. The van der Waals surface area contributed by atoms with E-state index >= 15 is 0 Å². The van der Waals surface area contributed by atoms with Gasteiger partial charge in [-0.05, 0) is 60.7 Å². The van der Waals surface area contributed by atoms with Crippen molar-refractivity contribution in [2.75, 3.05) is 10.6 Å². The number of nitrogens with zero attached hydrogens (tertiary/aromatic N) is 1. The molecule has 0 atom stereocenters. The van der Waals surface area contributed by atoms with Crippen LogP contribution < -0.4 is 15.4 Å². The minimum atomic E-state index is -0.189. The molecule has 1 aromatic heterocycles. The molecule has 3 aromatic carbocycles. The third-order valence-electron chi connectivity index (χ3n) is 4.43. The molecule has 0 spiro atoms. The minimum absolute atomic E-state index is 0.189. The zero-order chi connectivity index (χ0) is 20.6. The van der Waals surface area contributed by atoms with Gasteiger partial charge in [-0.2, -0.15) is 0 Å². The highest BCUT2D eigenvalue weighted by atomic mass is 16.5. The Morgan fingerprint density at radius 3 is 2.33 bits per heavy atom. The van der Waals surface area contributed by atoms with Crippen molar-refractivity contribution in [1.82, 2.24) is 4.98 Å². The van der Waals surface area contributed by atoms with Gasteiger partial charge >= 0.3 is 0 Å². The Bertz CT molecular complexity index is 1100. The molecule has 0 saturated carbocycles. The van der Waals surface area contributed by atoms with Crippen molar-refractivity contribution in [1.29, 1.82) is 0 Å². The van der Waals surface area contributed by atoms with E-state index in [0.717, 1.165) is 22.6 Å². The Morgan fingerprint density at radius 1 is 0.800 bits per heavy atom. The maximum Gasteiger partial charge on any atom is 0.255 e. The summed E-state index contributed by atoms with van der Waals surface area (Å²) in [5.74, 6) is 0.444. The summed E-state index contributed by atoms with van der Waals surface area (Å²) in [4.78, 5) is 16.7. The number of hydrogen-bond acceptors (Lipinski definition) is 4. The Balaban J connectivity index is 1.36. The van der Waals surface area contributed by atoms with E-state index < -0.39 is 0 Å². The summed E-state index contributed by atoms with van der Waals surface area (Å²) in [6, 6.07) is 28.5. The first-order valence-corrected chi connectivity index (χ1v) is 9.61. The van der Waals surface area contributed by atoms with Gasteiger partial charge < -0.3 is 15.4 Å². The van der Waals surface area contributed by atoms with Crippen molar-refractivity contribution in [3.05, 3.63) is 115 Å². The standard InChI is InChI=1S/C25H21N3O2/c29-25(20-7-4-10-24(16-20)30-18-19-6-5-15-26-17-19)28-23-13-11-22(12-14-23)27-21-8-2-1-3-9-21/h1-17,27H,18H2,(H,28,29). The second-order valence-corrected chi connectivity index (χ2v) is 6.70. The quantitative estimate of drug-likeness (QED) is 0.424. The lowest BCUT2D eigenvalue weighted by Crippen LogP contribution is -2.12. The molecule has 0 unspecified atom stereocenters. The molecule has 2 N–H and O–H groups in total. The first-order chi connectivity index (χ1) is 14.8. The van der Waals surface area contributed by atoms with E-state index in [2.05, 4.69) is 15.6 Å². The Kier molecular flexibility index (Phi) is 6.01. The number of carbonyl (C=O) groups is 1. The monoisotopic (exact) mass is 395 g/mol. The van der Waals surface area contributed by atoms with Crippen LogP contribution in [0.3, 0.4) is 0 Å². The smallest absolute Gasteiger partial charge is 0.255 e. The van der Waals surface area contributed by atoms with Crippen LogP contribution in [0.4, 0.5) is 17.1 Å². The number of aromatic nitrogens is 1. The molecule has 0 aliphatic rings. The van der Waals surface area contributed by atoms with E-state index in [-0.39, 0.29) is 5.91 Å². The van der Waals surface area contributed by atoms with Crippen LogP contribution in [0.1, 0.15) is 15.9 Å². The van der Waals surface area contributed by atoms with Crippen LogP contribution in [0, 0.1) is 0 Å². The highest BCUT2D eigenvalue weighted by Gasteiger charge is 2.08. The van der Waals surface area contributed by atoms with Gasteiger partial charge in [-0.15, -0.1) is 0 Å². The van der Waals surface area contributed by atoms with Crippen molar-refractivity contribution < 1.29 is 9.53 Å². The number of pyridine rings is 1. The van der Waals surface area contributed by atoms with Gasteiger partial charge in [0, 0.05) is 40.6 Å². The van der Waals surface area contributed by atoms with Crippen LogP contribution in [0.15, 0.2) is 103 Å². The zero-order valence-corrected chi connectivity index (χ0v) is 16.3. The Morgan fingerprint density at radius 2 is 1.57 bits per heavy atom. The van der Waals surface area contributed by atoms with Crippen molar-refractivity contribution in [2.45, 2.75) is 6.61 Å². The molecule has 1 heterocycles. The van der Waals surface area contributed by atoms with E-state index in [1.165, 1.54) is 0 Å². The number of amides is 1. The first-order valence-electron chi connectivity index (χ1n) is 9.61. The van der Waals surface area contributed by atoms with Crippen molar-refractivity contribution >= 4 is 23.0 Å². The second kappa shape index (κ2) is 9.39. The molecule has 148 valence electrons. The molecule has 0 aliphatic heterocycles. The molecule has 4 aromatic rings. The number of para-hydroxylation sites is 1. The summed E-state index contributed by atoms with van der Waals surface area (Å²) in [6.07, 6.45) is 3.48. The molecule has 0 aliphatic carbocycles. The Hall–Kier alpha value is -4.12. The molecular formula is C25H21N3O2. The maximum atomic E-state index is 12.6. The van der Waals surface area contributed by atoms with Gasteiger partial charge in [0.15, 0.2) is 0 Å². The van der Waals surface area contributed by atoms with Crippen molar-refractivity contribution in [2.24, 2.45) is 0 Å². The lowest BCUT2D eigenvalue weighted by Gasteiger charge is -2.10. The average Bonchev–Trinajstić information content (AvgIpc) is 2.80. The highest BCUT2D eigenvalue weighted by Crippen LogP contribution is 2.20. The topological polar surface area (TPSA) is 63.2 Å². The number of nitrogens with one attached hydrogen (secondary N) is 2. The normalized spacial score (nSPS) is 10.3. The SMILES string of the molecule is O=C(Nc1ccc(Nc2ccccc2)cc1)c1cccc(OCc2cccnc2)c1. The molecule has 4 rings (SSSR count). The third-order valence-corrected chi connectivity index (χ3v) is 4.43. The van der Waals surface area contributed by atoms with E-state index in [1.54, 1.807) is 30.6 Å². The van der Waals surface area contributed by atoms with Gasteiger partial charge in [-0.25, -0.2) is 0 Å². The highest BCUT2D eigenvalue weighted by molar-refractivity contribution is 6.04. The van der Waals surface area contributed by atoms with Gasteiger partial charge in [-0.1, -0.05) is 30.3 Å². The molecule has 5 heteroatoms. The fourth-order valence-electron chi connectivity index (χ4n) is 2.91. The molecule has 30 heavy (non-hydrogen) atoms. The van der Waals surface area contributed by atoms with E-state index in [4.69, 9.17) is 4.74 Å². The molecule has 0 saturated heterocycles. The summed E-state index contributed by atoms with van der Waals surface area (Å²) in [5.41, 5.74) is 4.18. The number of rotatable bonds is 7. The maximum absolute atomic E-state index is 12.6. The zero-order valence-electron chi connectivity index (χ0n) is 16.3.